The van der Waals surface area contributed by atoms with Gasteiger partial charge in [0.1, 0.15) is 29.2 Å². The number of carbonyl (C=O) groups excluding carboxylic acids is 3. The molecular weight excluding hydrogens is 522 g/mol. The van der Waals surface area contributed by atoms with Crippen molar-refractivity contribution in [1.82, 2.24) is 15.5 Å². The van der Waals surface area contributed by atoms with Crippen LogP contribution >= 0.6 is 0 Å². The van der Waals surface area contributed by atoms with Gasteiger partial charge in [-0.15, -0.1) is 0 Å². The predicted molar refractivity (Wildman–Crippen MR) is 160 cm³/mol. The number of hydrogen-bond donors (Lipinski definition) is 4. The molecule has 2 rings (SSSR count). The summed E-state index contributed by atoms with van der Waals surface area (Å²) in [6.45, 7) is 11.8. The maximum absolute atomic E-state index is 14.3. The second kappa shape index (κ2) is 15.9. The van der Waals surface area contributed by atoms with E-state index in [0.717, 1.165) is 25.7 Å². The summed E-state index contributed by atoms with van der Waals surface area (Å²) in [4.78, 5) is 42.5. The Morgan fingerprint density at radius 1 is 0.951 bits per heavy atom. The Labute approximate surface area is 244 Å². The van der Waals surface area contributed by atoms with Crippen LogP contribution in [0.1, 0.15) is 89.5 Å². The summed E-state index contributed by atoms with van der Waals surface area (Å²) in [6, 6.07) is 9.29. The van der Waals surface area contributed by atoms with Crippen LogP contribution in [0.5, 0.6) is 11.5 Å². The third kappa shape index (κ3) is 11.0. The van der Waals surface area contributed by atoms with E-state index in [4.69, 9.17) is 4.74 Å². The lowest BCUT2D eigenvalue weighted by Gasteiger charge is -2.35. The maximum atomic E-state index is 14.3. The monoisotopic (exact) mass is 569 g/mol. The highest BCUT2D eigenvalue weighted by molar-refractivity contribution is 5.92. The highest BCUT2D eigenvalue weighted by Crippen LogP contribution is 2.28. The number of rotatable bonds is 14. The number of nitrogens with zero attached hydrogens (tertiary/aromatic N) is 1. The van der Waals surface area contributed by atoms with Crippen molar-refractivity contribution in [3.63, 3.8) is 0 Å². The van der Waals surface area contributed by atoms with Crippen LogP contribution in [0.4, 0.5) is 4.79 Å². The smallest absolute Gasteiger partial charge is 0.408 e. The third-order valence-electron chi connectivity index (χ3n) is 6.58. The minimum Gasteiger partial charge on any atom is -0.508 e. The fourth-order valence-electron chi connectivity index (χ4n) is 4.42. The van der Waals surface area contributed by atoms with Crippen LogP contribution in [0.15, 0.2) is 42.5 Å². The summed E-state index contributed by atoms with van der Waals surface area (Å²) in [5.74, 6) is -0.573. The molecule has 0 heterocycles. The molecule has 4 N–H and O–H groups in total. The normalized spacial score (nSPS) is 12.7. The van der Waals surface area contributed by atoms with E-state index in [0.29, 0.717) is 29.7 Å². The average molecular weight is 570 g/mol. The number of benzene rings is 2. The molecule has 2 atom stereocenters. The number of unbranched alkanes of at least 4 members (excludes halogenated alkanes) is 3. The first kappa shape index (κ1) is 33.5. The Bertz CT molecular complexity index is 1140. The molecule has 3 amide bonds. The molecule has 226 valence electrons. The molecule has 9 nitrogen and oxygen atoms in total. The summed E-state index contributed by atoms with van der Waals surface area (Å²) in [7, 11) is 0. The molecule has 0 aliphatic heterocycles. The number of phenolic OH excluding ortho intramolecular Hbond substituents is 2. The first-order valence-corrected chi connectivity index (χ1v) is 14.5. The number of alkyl carbamates (subject to hydrolysis) is 1. The molecule has 2 aromatic rings. The van der Waals surface area contributed by atoms with Gasteiger partial charge in [0.15, 0.2) is 0 Å². The Kier molecular flexibility index (Phi) is 13.0. The van der Waals surface area contributed by atoms with E-state index in [-0.39, 0.29) is 30.4 Å². The number of carbonyl (C=O) groups is 3. The second-order valence-electron chi connectivity index (χ2n) is 11.4. The Hall–Kier alpha value is -3.75. The van der Waals surface area contributed by atoms with E-state index < -0.39 is 29.7 Å². The van der Waals surface area contributed by atoms with Crippen molar-refractivity contribution in [2.45, 2.75) is 97.8 Å². The molecule has 41 heavy (non-hydrogen) atoms. The first-order chi connectivity index (χ1) is 19.4. The fourth-order valence-corrected chi connectivity index (χ4v) is 4.42. The molecule has 9 heteroatoms. The van der Waals surface area contributed by atoms with Crippen LogP contribution in [0.2, 0.25) is 0 Å². The van der Waals surface area contributed by atoms with E-state index in [1.807, 2.05) is 6.92 Å². The minimum absolute atomic E-state index is 0.0869. The summed E-state index contributed by atoms with van der Waals surface area (Å²) in [6.07, 6.45) is 3.59. The van der Waals surface area contributed by atoms with Crippen molar-refractivity contribution in [2.75, 3.05) is 13.1 Å². The van der Waals surface area contributed by atoms with Crippen LogP contribution in [-0.2, 0) is 20.7 Å². The Balaban J connectivity index is 2.54. The molecule has 2 aromatic carbocycles. The largest absolute Gasteiger partial charge is 0.508 e. The number of phenols is 2. The van der Waals surface area contributed by atoms with Crippen LogP contribution in [0, 0.1) is 6.92 Å². The van der Waals surface area contributed by atoms with E-state index >= 15 is 0 Å². The van der Waals surface area contributed by atoms with Crippen molar-refractivity contribution >= 4 is 17.9 Å². The zero-order chi connectivity index (χ0) is 30.6. The minimum atomic E-state index is -1.04. The average Bonchev–Trinajstić information content (AvgIpc) is 2.90. The van der Waals surface area contributed by atoms with Crippen molar-refractivity contribution < 1.29 is 29.3 Å². The molecule has 0 fully saturated rings. The van der Waals surface area contributed by atoms with Gasteiger partial charge < -0.3 is 30.5 Å². The van der Waals surface area contributed by atoms with Crippen LogP contribution in [0.25, 0.3) is 0 Å². The lowest BCUT2D eigenvalue weighted by molar-refractivity contribution is -0.142. The van der Waals surface area contributed by atoms with Gasteiger partial charge in [-0.25, -0.2) is 4.79 Å². The number of nitrogens with one attached hydrogen (secondary N) is 2. The number of aryl methyl sites for hydroxylation is 1. The van der Waals surface area contributed by atoms with Crippen LogP contribution < -0.4 is 10.6 Å². The molecular formula is C32H47N3O6. The number of ether oxygens (including phenoxy) is 1. The second-order valence-corrected chi connectivity index (χ2v) is 11.4. The Morgan fingerprint density at radius 3 is 2.20 bits per heavy atom. The summed E-state index contributed by atoms with van der Waals surface area (Å²) >= 11 is 0. The van der Waals surface area contributed by atoms with Crippen molar-refractivity contribution in [3.05, 3.63) is 59.2 Å². The fraction of sp³-hybridized carbons (Fsp3) is 0.531. The molecule has 0 radical (unpaired) electrons. The molecule has 2 unspecified atom stereocenters. The number of amides is 3. The first-order valence-electron chi connectivity index (χ1n) is 14.5. The summed E-state index contributed by atoms with van der Waals surface area (Å²) < 4.78 is 5.47. The molecule has 0 aromatic heterocycles. The van der Waals surface area contributed by atoms with E-state index in [1.165, 1.54) is 23.1 Å². The number of hydrogen-bond acceptors (Lipinski definition) is 6. The molecule has 0 saturated carbocycles. The van der Waals surface area contributed by atoms with Gasteiger partial charge in [-0.1, -0.05) is 51.3 Å². The standard InChI is InChI=1S/C32H47N3O6/c1-7-9-11-18-33-29(38)28(24-14-17-27(37)22(3)20-24)35(19-10-8-2)30(39)26(34-31(40)41-32(4,5)6)21-23-12-15-25(36)16-13-23/h12-17,20,26,28,36-37H,7-11,18-19,21H2,1-6H3,(H,33,38)(H,34,40). The van der Waals surface area contributed by atoms with Gasteiger partial charge in [0.25, 0.3) is 0 Å². The van der Waals surface area contributed by atoms with Crippen molar-refractivity contribution in [1.29, 1.82) is 0 Å². The quantitative estimate of drug-likeness (QED) is 0.222. The van der Waals surface area contributed by atoms with Crippen molar-refractivity contribution in [3.8, 4) is 11.5 Å². The zero-order valence-corrected chi connectivity index (χ0v) is 25.3. The lowest BCUT2D eigenvalue weighted by Crippen LogP contribution is -2.54. The topological polar surface area (TPSA) is 128 Å². The van der Waals surface area contributed by atoms with Gasteiger partial charge in [0, 0.05) is 19.5 Å². The SMILES string of the molecule is CCCCCNC(=O)C(c1ccc(O)c(C)c1)N(CCCC)C(=O)C(Cc1ccc(O)cc1)NC(=O)OC(C)(C)C. The molecule has 0 aliphatic rings. The molecule has 0 spiro atoms. The van der Waals surface area contributed by atoms with E-state index in [1.54, 1.807) is 52.0 Å². The third-order valence-corrected chi connectivity index (χ3v) is 6.58. The van der Waals surface area contributed by atoms with Gasteiger partial charge in [-0.05, 0) is 81.5 Å². The van der Waals surface area contributed by atoms with Gasteiger partial charge >= 0.3 is 6.09 Å². The zero-order valence-electron chi connectivity index (χ0n) is 25.3. The van der Waals surface area contributed by atoms with Gasteiger partial charge in [-0.3, -0.25) is 9.59 Å². The van der Waals surface area contributed by atoms with E-state index in [2.05, 4.69) is 17.6 Å². The van der Waals surface area contributed by atoms with Crippen molar-refractivity contribution in [2.24, 2.45) is 0 Å². The Morgan fingerprint density at radius 2 is 1.61 bits per heavy atom. The highest BCUT2D eigenvalue weighted by atomic mass is 16.6. The summed E-state index contributed by atoms with van der Waals surface area (Å²) in [5.41, 5.74) is 1.09. The van der Waals surface area contributed by atoms with Gasteiger partial charge in [0.05, 0.1) is 0 Å². The maximum Gasteiger partial charge on any atom is 0.408 e. The predicted octanol–water partition coefficient (Wildman–Crippen LogP) is 5.52. The molecule has 0 aliphatic carbocycles. The van der Waals surface area contributed by atoms with Crippen LogP contribution in [-0.4, -0.2) is 57.8 Å². The van der Waals surface area contributed by atoms with Gasteiger partial charge in [-0.2, -0.15) is 0 Å². The van der Waals surface area contributed by atoms with E-state index in [9.17, 15) is 24.6 Å². The highest BCUT2D eigenvalue weighted by Gasteiger charge is 2.36. The summed E-state index contributed by atoms with van der Waals surface area (Å²) in [5, 5.41) is 25.6. The lowest BCUT2D eigenvalue weighted by atomic mass is 9.98. The van der Waals surface area contributed by atoms with Crippen LogP contribution in [0.3, 0.4) is 0 Å². The number of aromatic hydroxyl groups is 2. The molecule has 0 bridgehead atoms. The molecule has 0 saturated heterocycles. The van der Waals surface area contributed by atoms with Gasteiger partial charge in [0.2, 0.25) is 11.8 Å².